The molecule has 0 spiro atoms. The third-order valence-corrected chi connectivity index (χ3v) is 36.7. The zero-order valence-corrected chi connectivity index (χ0v) is 84.9. The van der Waals surface area contributed by atoms with E-state index in [1.54, 1.807) is 12.1 Å². The predicted molar refractivity (Wildman–Crippen MR) is 527 cm³/mol. The van der Waals surface area contributed by atoms with E-state index in [4.69, 9.17) is 33.5 Å². The fraction of sp³-hybridized carbons (Fsp3) is 0.675. The minimum Gasteiger partial charge on any atom is -0.744 e. The molecule has 0 amide bonds. The van der Waals surface area contributed by atoms with Gasteiger partial charge in [-0.25, -0.2) is 26.0 Å². The lowest BCUT2D eigenvalue weighted by molar-refractivity contribution is -0.227. The summed E-state index contributed by atoms with van der Waals surface area (Å²) in [6.45, 7) is 38.3. The Bertz CT molecular complexity index is 4490. The van der Waals surface area contributed by atoms with Crippen molar-refractivity contribution in [3.63, 3.8) is 0 Å². The summed E-state index contributed by atoms with van der Waals surface area (Å²) >= 11 is 0. The largest absolute Gasteiger partial charge is 0.744 e. The van der Waals surface area contributed by atoms with Crippen LogP contribution in [0.2, 0.25) is 0 Å². The molecule has 11 fully saturated rings. The lowest BCUT2D eigenvalue weighted by Gasteiger charge is -2.58. The number of hydrogen-bond donors (Lipinski definition) is 1. The first-order valence-corrected chi connectivity index (χ1v) is 54.7. The molecular weight excluding hydrogens is 1690 g/mol. The van der Waals surface area contributed by atoms with Gasteiger partial charge in [-0.15, -0.1) is 0 Å². The van der Waals surface area contributed by atoms with Crippen molar-refractivity contribution in [2.75, 3.05) is 11.5 Å². The number of carbonyl (C=O) groups excluding carboxylic acids is 1. The van der Waals surface area contributed by atoms with Crippen LogP contribution in [0.5, 0.6) is 23.0 Å². The predicted octanol–water partition coefficient (Wildman–Crippen LogP) is 31.5. The molecule has 6 bridgehead atoms. The molecule has 14 unspecified atom stereocenters. The summed E-state index contributed by atoms with van der Waals surface area (Å²) in [6, 6.07) is 42.3. The molecule has 11 nitrogen and oxygen atoms in total. The van der Waals surface area contributed by atoms with Gasteiger partial charge in [0.2, 0.25) is 24.7 Å². The van der Waals surface area contributed by atoms with Crippen LogP contribution in [-0.4, -0.2) is 77.3 Å². The van der Waals surface area contributed by atoms with Gasteiger partial charge in [0.15, 0.2) is 28.0 Å². The Morgan fingerprint density at radius 2 is 0.885 bits per heavy atom. The second kappa shape index (κ2) is 48.9. The van der Waals surface area contributed by atoms with Gasteiger partial charge in [-0.3, -0.25) is 4.79 Å². The zero-order chi connectivity index (χ0) is 94.7. The van der Waals surface area contributed by atoms with Gasteiger partial charge >= 0.3 is 0 Å². The Hall–Kier alpha value is -5.95. The minimum absolute atomic E-state index is 0.0923. The summed E-state index contributed by atoms with van der Waals surface area (Å²) in [5.41, 5.74) is 7.31. The minimum atomic E-state index is -5.64. The Balaban J connectivity index is 0.000000155. The molecule has 131 heavy (non-hydrogen) atoms. The van der Waals surface area contributed by atoms with Crippen LogP contribution in [0.3, 0.4) is 0 Å². The molecule has 1 aliphatic heterocycles. The topological polar surface area (TPSA) is 150 Å². The maximum absolute atomic E-state index is 13.5. The average Bonchev–Trinajstić information content (AvgIpc) is 1.69. The first-order valence-electron chi connectivity index (χ1n) is 51.7. The van der Waals surface area contributed by atoms with E-state index in [1.165, 1.54) is 246 Å². The fourth-order valence-corrected chi connectivity index (χ4v) is 27.2. The van der Waals surface area contributed by atoms with Crippen molar-refractivity contribution in [2.24, 2.45) is 64.1 Å². The Morgan fingerprint density at radius 1 is 0.473 bits per heavy atom. The van der Waals surface area contributed by atoms with Gasteiger partial charge in [-0.2, -0.15) is 0 Å². The molecule has 10 saturated carbocycles. The number of hydrogen-bond acceptors (Lipinski definition) is 11. The lowest BCUT2D eigenvalue weighted by atomic mass is 9.49. The van der Waals surface area contributed by atoms with Crippen molar-refractivity contribution in [1.29, 1.82) is 0 Å². The molecule has 1 heterocycles. The SMILES string of the molecule is CC(C)(C(=O)c1ccc(C2CCCCC2)cc1)[S+]1CCCC1.CCC(C)c1c(F)c(F)c(S(=O)(=O)[O-])c(F)c1F.CCC(C)c1ccc(O)cc1.CCC(C)c1ccc(OC(OC(C)C)C2(C)CCCCC2)cc1.CCC(C)c1ccc(OC(OC(C)C)C23CC4CC(CC(C4)C2)C3)cc1.CCC(C)c1ccc(OC(OC2CC3CC2C2CCCC32)C(C)C2CCCCC2)cc1. The summed E-state index contributed by atoms with van der Waals surface area (Å²) in [5, 5.41) is 9.01. The standard InChI is InChI=1S/C29H44O2.C24H36O2.C21H34O2.C20H29OS.C10H10F4O3S.C10H14O/c1-4-19(2)21-13-15-24(16-14-21)30-29(20(3)22-9-6-5-7-10-22)31-28-18-23-17-27(28)26-12-8-11-25(23)26;1-5-17(4)21-6-8-22(9-7-21)26-23(25-16(2)3)24-13-18-10-19(14-24)12-20(11-18)15-24;1-6-17(4)18-10-12-19(13-11-18)23-20(22-16(2)3)21(5)14-8-7-9-15-21;1-20(2,22-14-6-7-15-22)19(21)18-12-10-17(11-13-18)16-8-4-3-5-9-16;1-3-4(2)5-6(11)8(13)10(18(15,16)17)9(14)7(5)12;1-3-8(2)9-4-6-10(11)7-5-9/h13-16,19-20,22-23,25-29H,4-12,17-18H2,1-3H3;6-9,16-20,23H,5,10-15H2,1-4H3;10-13,16-17,20H,6-9,14-15H2,1-5H3;10-13,16H,3-9,14-15H2,1-2H3;4H,3H2,1-2H3,(H,15,16,17);4-8,11H,3H2,1-2H3/q;;;+1;;/p-1. The number of phenolic OH excluding ortho intramolecular Hbond substituents is 1. The van der Waals surface area contributed by atoms with Gasteiger partial charge in [0.05, 0.1) is 18.3 Å². The van der Waals surface area contributed by atoms with E-state index in [9.17, 15) is 35.3 Å². The molecule has 10 aliphatic carbocycles. The molecule has 728 valence electrons. The normalized spacial score (nSPS) is 25.4. The number of aromatic hydroxyl groups is 1. The fourth-order valence-electron chi connectivity index (χ4n) is 23.9. The van der Waals surface area contributed by atoms with Crippen LogP contribution in [0.15, 0.2) is 126 Å². The zero-order valence-electron chi connectivity index (χ0n) is 83.3. The number of benzene rings is 6. The number of fused-ring (bicyclic) bond motifs is 5. The van der Waals surface area contributed by atoms with Gasteiger partial charge in [-0.1, -0.05) is 220 Å². The molecule has 6 aromatic rings. The molecule has 1 saturated heterocycles. The van der Waals surface area contributed by atoms with Gasteiger partial charge in [-0.05, 0) is 348 Å². The number of rotatable bonds is 31. The quantitative estimate of drug-likeness (QED) is 0.0111. The maximum atomic E-state index is 13.5. The van der Waals surface area contributed by atoms with Crippen LogP contribution < -0.4 is 14.2 Å². The van der Waals surface area contributed by atoms with Crippen molar-refractivity contribution in [1.82, 2.24) is 0 Å². The van der Waals surface area contributed by atoms with Crippen molar-refractivity contribution < 1.29 is 68.9 Å². The molecule has 14 atom stereocenters. The number of ketones is 1. The first-order chi connectivity index (χ1) is 62.5. The van der Waals surface area contributed by atoms with Crippen LogP contribution in [0.1, 0.15) is 416 Å². The van der Waals surface area contributed by atoms with Gasteiger partial charge in [0.1, 0.15) is 49.5 Å². The summed E-state index contributed by atoms with van der Waals surface area (Å²) < 4.78 is 124. The monoisotopic (exact) mass is 1850 g/mol. The van der Waals surface area contributed by atoms with Gasteiger partial charge in [0, 0.05) is 38.8 Å². The van der Waals surface area contributed by atoms with E-state index < -0.39 is 49.8 Å². The first kappa shape index (κ1) is 106. The molecule has 17 rings (SSSR count). The molecule has 11 aliphatic rings. The van der Waals surface area contributed by atoms with Crippen molar-refractivity contribution >= 4 is 26.8 Å². The number of Topliss-reactive ketones (excluding diaryl/α,β-unsaturated/α-hetero) is 1. The van der Waals surface area contributed by atoms with Crippen LogP contribution in [0.25, 0.3) is 0 Å². The number of halogens is 4. The number of ether oxygens (including phenoxy) is 6. The van der Waals surface area contributed by atoms with Crippen molar-refractivity contribution in [2.45, 2.75) is 419 Å². The van der Waals surface area contributed by atoms with Crippen LogP contribution >= 0.6 is 0 Å². The Labute approximate surface area is 791 Å². The number of carbonyl (C=O) groups is 1. The second-order valence-electron chi connectivity index (χ2n) is 43.0. The van der Waals surface area contributed by atoms with E-state index in [1.807, 2.05) is 12.1 Å². The highest BCUT2D eigenvalue weighted by Gasteiger charge is 2.58. The molecule has 0 aromatic heterocycles. The van der Waals surface area contributed by atoms with Gasteiger partial charge < -0.3 is 38.1 Å². The third kappa shape index (κ3) is 27.8. The van der Waals surface area contributed by atoms with E-state index in [0.29, 0.717) is 47.2 Å². The third-order valence-electron chi connectivity index (χ3n) is 32.6. The second-order valence-corrected chi connectivity index (χ2v) is 47.2. The summed E-state index contributed by atoms with van der Waals surface area (Å²) in [4.78, 5) is 10.8. The Kier molecular flexibility index (Phi) is 39.4. The molecule has 0 radical (unpaired) electrons. The maximum Gasteiger partial charge on any atom is 0.217 e. The van der Waals surface area contributed by atoms with E-state index in [-0.39, 0.29) is 64.0 Å². The molecule has 17 heteroatoms. The van der Waals surface area contributed by atoms with Crippen LogP contribution in [0.4, 0.5) is 17.6 Å². The molecular formula is C114H166F4O11S2. The molecule has 6 aromatic carbocycles. The van der Waals surface area contributed by atoms with Crippen molar-refractivity contribution in [3.05, 3.63) is 184 Å². The highest BCUT2D eigenvalue weighted by molar-refractivity contribution is 7.99. The average molecular weight is 1850 g/mol. The van der Waals surface area contributed by atoms with E-state index in [2.05, 4.69) is 208 Å². The molecule has 1 N–H and O–H groups in total. The lowest BCUT2D eigenvalue weighted by Crippen LogP contribution is -2.54. The number of phenols is 1. The van der Waals surface area contributed by atoms with Crippen molar-refractivity contribution in [3.8, 4) is 23.0 Å². The smallest absolute Gasteiger partial charge is 0.217 e. The highest BCUT2D eigenvalue weighted by Crippen LogP contribution is 2.63. The highest BCUT2D eigenvalue weighted by atomic mass is 32.2. The van der Waals surface area contributed by atoms with Gasteiger partial charge in [0.25, 0.3) is 0 Å². The van der Waals surface area contributed by atoms with E-state index in [0.717, 1.165) is 88.9 Å². The summed E-state index contributed by atoms with van der Waals surface area (Å²) in [6.07, 6.45) is 43.2. The summed E-state index contributed by atoms with van der Waals surface area (Å²) in [7, 11) is -5.37. The van der Waals surface area contributed by atoms with Crippen LogP contribution in [-0.2, 0) is 35.2 Å². The van der Waals surface area contributed by atoms with E-state index >= 15 is 0 Å². The summed E-state index contributed by atoms with van der Waals surface area (Å²) in [5.74, 6) is 7.94. The van der Waals surface area contributed by atoms with Crippen LogP contribution in [0, 0.1) is 87.4 Å². The Morgan fingerprint density at radius 3 is 1.33 bits per heavy atom.